The quantitative estimate of drug-likeness (QED) is 0.653. The fourth-order valence-electron chi connectivity index (χ4n) is 4.28. The van der Waals surface area contributed by atoms with Crippen molar-refractivity contribution >= 4 is 18.0 Å². The summed E-state index contributed by atoms with van der Waals surface area (Å²) < 4.78 is 13.2. The maximum Gasteiger partial charge on any atom is 0.123 e. The molecule has 0 unspecified atom stereocenters. The summed E-state index contributed by atoms with van der Waals surface area (Å²) in [7, 11) is 0. The lowest BCUT2D eigenvalue weighted by atomic mass is 9.97. The molecule has 0 bridgehead atoms. The second-order valence-corrected chi connectivity index (χ2v) is 7.37. The van der Waals surface area contributed by atoms with Crippen LogP contribution in [0.4, 0.5) is 4.39 Å². The molecule has 2 aromatic carbocycles. The highest BCUT2D eigenvalue weighted by Gasteiger charge is 2.22. The fourth-order valence-corrected chi connectivity index (χ4v) is 4.28. The zero-order chi connectivity index (χ0) is 17.1. The molecule has 2 aliphatic rings. The molecule has 1 nitrogen and oxygen atoms in total. The molecule has 0 atom stereocenters. The van der Waals surface area contributed by atoms with Gasteiger partial charge < -0.3 is 4.90 Å². The summed E-state index contributed by atoms with van der Waals surface area (Å²) in [5.41, 5.74) is 7.15. The van der Waals surface area contributed by atoms with Gasteiger partial charge >= 0.3 is 0 Å². The van der Waals surface area contributed by atoms with Crippen LogP contribution in [0.5, 0.6) is 0 Å². The average molecular weight is 372 g/mol. The Hall–Kier alpha value is -1.64. The number of benzene rings is 2. The Kier molecular flexibility index (Phi) is 6.50. The highest BCUT2D eigenvalue weighted by atomic mass is 35.5. The zero-order valence-corrected chi connectivity index (χ0v) is 16.0. The van der Waals surface area contributed by atoms with Crippen LogP contribution >= 0.6 is 12.4 Å². The molecule has 0 amide bonds. The van der Waals surface area contributed by atoms with E-state index in [9.17, 15) is 4.39 Å². The number of hydrogen-bond acceptors (Lipinski definition) is 1. The van der Waals surface area contributed by atoms with Gasteiger partial charge in [0.1, 0.15) is 5.82 Å². The van der Waals surface area contributed by atoms with Gasteiger partial charge in [0.05, 0.1) is 0 Å². The van der Waals surface area contributed by atoms with Gasteiger partial charge in [0.15, 0.2) is 0 Å². The van der Waals surface area contributed by atoms with E-state index in [1.807, 2.05) is 12.1 Å². The summed E-state index contributed by atoms with van der Waals surface area (Å²) in [6, 6.07) is 15.8. The van der Waals surface area contributed by atoms with Crippen LogP contribution in [-0.4, -0.2) is 24.5 Å². The highest BCUT2D eigenvalue weighted by molar-refractivity contribution is 5.85. The van der Waals surface area contributed by atoms with E-state index in [1.54, 1.807) is 12.1 Å². The summed E-state index contributed by atoms with van der Waals surface area (Å²) in [4.78, 5) is 2.62. The van der Waals surface area contributed by atoms with E-state index in [2.05, 4.69) is 29.2 Å². The van der Waals surface area contributed by atoms with Crippen LogP contribution in [0.2, 0.25) is 0 Å². The minimum Gasteiger partial charge on any atom is -0.303 e. The lowest BCUT2D eigenvalue weighted by molar-refractivity contribution is 0.234. The van der Waals surface area contributed by atoms with Crippen LogP contribution in [0.1, 0.15) is 42.4 Å². The monoisotopic (exact) mass is 371 g/mol. The van der Waals surface area contributed by atoms with E-state index in [0.29, 0.717) is 0 Å². The maximum atomic E-state index is 13.2. The predicted octanol–water partition coefficient (Wildman–Crippen LogP) is 5.68. The van der Waals surface area contributed by atoms with E-state index in [4.69, 9.17) is 0 Å². The van der Waals surface area contributed by atoms with Crippen LogP contribution in [0.25, 0.3) is 5.57 Å². The van der Waals surface area contributed by atoms with Crippen LogP contribution < -0.4 is 0 Å². The Bertz CT molecular complexity index is 760. The van der Waals surface area contributed by atoms with Crippen LogP contribution in [0.3, 0.4) is 0 Å². The summed E-state index contributed by atoms with van der Waals surface area (Å²) in [6.45, 7) is 3.67. The number of likely N-dealkylation sites (tertiary alicyclic amines) is 1. The molecule has 3 heteroatoms. The maximum absolute atomic E-state index is 13.2. The molecule has 1 aliphatic heterocycles. The van der Waals surface area contributed by atoms with Gasteiger partial charge in [-0.15, -0.1) is 12.4 Å². The average Bonchev–Trinajstić information content (AvgIpc) is 3.00. The number of halogens is 2. The lowest BCUT2D eigenvalue weighted by Gasteiger charge is -2.26. The molecule has 1 saturated heterocycles. The van der Waals surface area contributed by atoms with Crippen LogP contribution in [-0.2, 0) is 12.8 Å². The number of nitrogens with zero attached hydrogens (tertiary/aromatic N) is 1. The Morgan fingerprint density at radius 2 is 1.62 bits per heavy atom. The fraction of sp³-hybridized carbons (Fsp3) is 0.391. The van der Waals surface area contributed by atoms with Crippen LogP contribution in [0, 0.1) is 5.82 Å². The Labute approximate surface area is 162 Å². The third-order valence-electron chi connectivity index (χ3n) is 5.63. The smallest absolute Gasteiger partial charge is 0.123 e. The number of rotatable bonds is 5. The van der Waals surface area contributed by atoms with Gasteiger partial charge in [-0.2, -0.15) is 0 Å². The van der Waals surface area contributed by atoms with Crippen LogP contribution in [0.15, 0.2) is 54.1 Å². The molecular formula is C23H27ClFN. The van der Waals surface area contributed by atoms with Gasteiger partial charge in [0.2, 0.25) is 0 Å². The van der Waals surface area contributed by atoms with Gasteiger partial charge in [0.25, 0.3) is 0 Å². The van der Waals surface area contributed by atoms with Crippen molar-refractivity contribution < 1.29 is 4.39 Å². The Morgan fingerprint density at radius 3 is 2.38 bits per heavy atom. The first kappa shape index (κ1) is 19.1. The van der Waals surface area contributed by atoms with Gasteiger partial charge in [-0.3, -0.25) is 0 Å². The number of fused-ring (bicyclic) bond motifs is 1. The minimum absolute atomic E-state index is 0. The second kappa shape index (κ2) is 8.83. The Balaban J connectivity index is 0.00000196. The zero-order valence-electron chi connectivity index (χ0n) is 15.2. The molecule has 4 rings (SSSR count). The molecule has 26 heavy (non-hydrogen) atoms. The molecule has 0 saturated carbocycles. The molecule has 1 fully saturated rings. The molecular weight excluding hydrogens is 345 g/mol. The van der Waals surface area contributed by atoms with Crippen molar-refractivity contribution in [2.24, 2.45) is 0 Å². The van der Waals surface area contributed by atoms with Crippen molar-refractivity contribution in [3.05, 3.63) is 76.6 Å². The second-order valence-electron chi connectivity index (χ2n) is 7.37. The topological polar surface area (TPSA) is 3.24 Å². The van der Waals surface area contributed by atoms with E-state index in [0.717, 1.165) is 25.8 Å². The summed E-state index contributed by atoms with van der Waals surface area (Å²) in [5, 5.41) is 0. The van der Waals surface area contributed by atoms with E-state index in [-0.39, 0.29) is 18.2 Å². The summed E-state index contributed by atoms with van der Waals surface area (Å²) in [5.74, 6) is -0.155. The number of piperidine rings is 1. The van der Waals surface area contributed by atoms with Gasteiger partial charge in [-0.25, -0.2) is 4.39 Å². The molecule has 138 valence electrons. The van der Waals surface area contributed by atoms with Crippen molar-refractivity contribution in [2.75, 3.05) is 19.6 Å². The first-order valence-corrected chi connectivity index (χ1v) is 9.55. The largest absolute Gasteiger partial charge is 0.303 e. The minimum atomic E-state index is -0.155. The number of allylic oxidation sites excluding steroid dienone is 1. The molecule has 2 aromatic rings. The van der Waals surface area contributed by atoms with E-state index in [1.165, 1.54) is 60.2 Å². The summed E-state index contributed by atoms with van der Waals surface area (Å²) >= 11 is 0. The molecule has 1 aliphatic carbocycles. The van der Waals surface area contributed by atoms with Gasteiger partial charge in [-0.05, 0) is 79.6 Å². The van der Waals surface area contributed by atoms with Crippen molar-refractivity contribution in [3.63, 3.8) is 0 Å². The highest BCUT2D eigenvalue weighted by Crippen LogP contribution is 2.36. The summed E-state index contributed by atoms with van der Waals surface area (Å²) in [6.07, 6.45) is 7.19. The molecule has 0 radical (unpaired) electrons. The van der Waals surface area contributed by atoms with Crippen molar-refractivity contribution in [2.45, 2.75) is 38.5 Å². The number of hydrogen-bond donors (Lipinski definition) is 0. The SMILES string of the molecule is Cl.Fc1ccc(CC2=C(CCN3CCCCC3)c3ccccc3C2)cc1. The predicted molar refractivity (Wildman–Crippen MR) is 109 cm³/mol. The van der Waals surface area contributed by atoms with Crippen molar-refractivity contribution in [3.8, 4) is 0 Å². The normalized spacial score (nSPS) is 17.1. The van der Waals surface area contributed by atoms with Gasteiger partial charge in [0, 0.05) is 6.54 Å². The third kappa shape index (κ3) is 4.36. The first-order valence-electron chi connectivity index (χ1n) is 9.55. The standard InChI is InChI=1S/C23H26FN.ClH/c24-21-10-8-18(9-11-21)16-20-17-19-6-2-3-7-22(19)23(20)12-15-25-13-4-1-5-14-25;/h2-3,6-11H,1,4-5,12-17H2;1H. The Morgan fingerprint density at radius 1 is 0.885 bits per heavy atom. The van der Waals surface area contributed by atoms with Gasteiger partial charge in [-0.1, -0.05) is 48.4 Å². The third-order valence-corrected chi connectivity index (χ3v) is 5.63. The molecule has 0 spiro atoms. The lowest BCUT2D eigenvalue weighted by Crippen LogP contribution is -2.30. The molecule has 0 aromatic heterocycles. The van der Waals surface area contributed by atoms with E-state index < -0.39 is 0 Å². The first-order chi connectivity index (χ1) is 12.3. The van der Waals surface area contributed by atoms with E-state index >= 15 is 0 Å². The molecule has 0 N–H and O–H groups in total. The molecule has 1 heterocycles. The van der Waals surface area contributed by atoms with Crippen molar-refractivity contribution in [1.82, 2.24) is 4.90 Å². The van der Waals surface area contributed by atoms with Crippen molar-refractivity contribution in [1.29, 1.82) is 0 Å².